The van der Waals surface area contributed by atoms with Gasteiger partial charge in [0.15, 0.2) is 5.78 Å². The number of hydrogen-bond donors (Lipinski definition) is 0. The molecule has 31 heavy (non-hydrogen) atoms. The summed E-state index contributed by atoms with van der Waals surface area (Å²) in [5, 5.41) is 21.9. The number of hydrogen-bond acceptors (Lipinski definition) is 7. The van der Waals surface area contributed by atoms with E-state index in [1.807, 2.05) is 0 Å². The first kappa shape index (κ1) is 19.7. The van der Waals surface area contributed by atoms with Gasteiger partial charge in [0.2, 0.25) is 0 Å². The van der Waals surface area contributed by atoms with Crippen molar-refractivity contribution in [3.05, 3.63) is 100 Å². The van der Waals surface area contributed by atoms with Crippen molar-refractivity contribution < 1.29 is 34.2 Å². The first-order valence-electron chi connectivity index (χ1n) is 8.98. The fraction of sp³-hybridized carbons (Fsp3) is 0. The van der Waals surface area contributed by atoms with Gasteiger partial charge in [-0.1, -0.05) is 42.5 Å². The van der Waals surface area contributed by atoms with Gasteiger partial charge in [0, 0.05) is 11.1 Å². The Labute approximate surface area is 175 Å². The summed E-state index contributed by atoms with van der Waals surface area (Å²) in [5.74, 6) is -4.63. The molecule has 152 valence electrons. The maximum Gasteiger partial charge on any atom is 0.266 e. The standard InChI is InChI=1S/C23H13NO7/c25-19(12-4-6-13(7-5-12)22(28)29)14-8-9-17-18(11-14)21(27)24(20(17)26)16-3-1-2-15(10-16)23(30)31/h1-11H,(H,28,29)(H,30,31)/p-2. The van der Waals surface area contributed by atoms with Crippen molar-refractivity contribution in [1.29, 1.82) is 0 Å². The molecule has 0 N–H and O–H groups in total. The smallest absolute Gasteiger partial charge is 0.266 e. The number of carboxylic acids is 2. The van der Waals surface area contributed by atoms with E-state index in [1.54, 1.807) is 0 Å². The number of aromatic carboxylic acids is 2. The summed E-state index contributed by atoms with van der Waals surface area (Å²) in [6.07, 6.45) is 0. The molecular formula is C23H11NO7-2. The number of carboxylic acid groups (broad SMARTS) is 2. The Morgan fingerprint density at radius 2 is 1.19 bits per heavy atom. The third-order valence-corrected chi connectivity index (χ3v) is 4.87. The second kappa shape index (κ2) is 7.34. The average molecular weight is 413 g/mol. The highest BCUT2D eigenvalue weighted by atomic mass is 16.4. The maximum atomic E-state index is 12.9. The molecule has 1 heterocycles. The number of nitrogens with zero attached hydrogens (tertiary/aromatic N) is 1. The lowest BCUT2D eigenvalue weighted by atomic mass is 9.98. The monoisotopic (exact) mass is 413 g/mol. The van der Waals surface area contributed by atoms with E-state index >= 15 is 0 Å². The Morgan fingerprint density at radius 1 is 0.613 bits per heavy atom. The molecule has 2 amide bonds. The summed E-state index contributed by atoms with van der Waals surface area (Å²) in [6.45, 7) is 0. The third-order valence-electron chi connectivity index (χ3n) is 4.87. The predicted octanol–water partition coefficient (Wildman–Crippen LogP) is 0.445. The lowest BCUT2D eigenvalue weighted by molar-refractivity contribution is -0.256. The van der Waals surface area contributed by atoms with Crippen molar-refractivity contribution >= 4 is 35.2 Å². The van der Waals surface area contributed by atoms with Crippen molar-refractivity contribution in [3.8, 4) is 0 Å². The number of carbonyl (C=O) groups is 5. The zero-order valence-corrected chi connectivity index (χ0v) is 15.7. The highest BCUT2D eigenvalue weighted by Gasteiger charge is 2.37. The van der Waals surface area contributed by atoms with E-state index in [9.17, 15) is 34.2 Å². The van der Waals surface area contributed by atoms with Gasteiger partial charge >= 0.3 is 0 Å². The Kier molecular flexibility index (Phi) is 4.67. The summed E-state index contributed by atoms with van der Waals surface area (Å²) in [4.78, 5) is 61.1. The first-order valence-corrected chi connectivity index (χ1v) is 8.98. The highest BCUT2D eigenvalue weighted by molar-refractivity contribution is 6.35. The van der Waals surface area contributed by atoms with Crippen molar-refractivity contribution in [3.63, 3.8) is 0 Å². The van der Waals surface area contributed by atoms with Gasteiger partial charge in [0.1, 0.15) is 0 Å². The summed E-state index contributed by atoms with van der Waals surface area (Å²) in [6, 6.07) is 14.4. The molecule has 8 nitrogen and oxygen atoms in total. The van der Waals surface area contributed by atoms with Crippen LogP contribution in [-0.4, -0.2) is 29.5 Å². The second-order valence-electron chi connectivity index (χ2n) is 6.74. The quantitative estimate of drug-likeness (QED) is 0.438. The Hall–Kier alpha value is -4.59. The SMILES string of the molecule is O=C([O-])c1ccc(C(=O)c2ccc3c(c2)C(=O)N(c2cccc(C(=O)[O-])c2)C3=O)cc1. The lowest BCUT2D eigenvalue weighted by Crippen LogP contribution is -2.30. The molecule has 0 saturated carbocycles. The molecule has 8 heteroatoms. The second-order valence-corrected chi connectivity index (χ2v) is 6.74. The van der Waals surface area contributed by atoms with Gasteiger partial charge in [-0.15, -0.1) is 0 Å². The van der Waals surface area contributed by atoms with E-state index in [2.05, 4.69) is 0 Å². The van der Waals surface area contributed by atoms with Gasteiger partial charge in [-0.3, -0.25) is 14.4 Å². The van der Waals surface area contributed by atoms with Crippen LogP contribution in [0, 0.1) is 0 Å². The van der Waals surface area contributed by atoms with Crippen LogP contribution in [-0.2, 0) is 0 Å². The number of rotatable bonds is 5. The Balaban J connectivity index is 1.68. The van der Waals surface area contributed by atoms with E-state index in [-0.39, 0.29) is 39.1 Å². The van der Waals surface area contributed by atoms with Crippen LogP contribution in [0.3, 0.4) is 0 Å². The van der Waals surface area contributed by atoms with Crippen LogP contribution in [0.5, 0.6) is 0 Å². The molecule has 0 aromatic heterocycles. The molecule has 4 rings (SSSR count). The maximum absolute atomic E-state index is 12.9. The minimum absolute atomic E-state index is 0.000981. The van der Waals surface area contributed by atoms with Gasteiger partial charge in [0.25, 0.3) is 11.8 Å². The van der Waals surface area contributed by atoms with Crippen LogP contribution < -0.4 is 15.1 Å². The summed E-state index contributed by atoms with van der Waals surface area (Å²) < 4.78 is 0. The number of benzene rings is 3. The van der Waals surface area contributed by atoms with Gasteiger partial charge in [-0.2, -0.15) is 0 Å². The van der Waals surface area contributed by atoms with Crippen molar-refractivity contribution in [1.82, 2.24) is 0 Å². The van der Waals surface area contributed by atoms with E-state index in [1.165, 1.54) is 60.7 Å². The van der Waals surface area contributed by atoms with Crippen LogP contribution in [0.1, 0.15) is 57.4 Å². The normalized spacial score (nSPS) is 12.6. The van der Waals surface area contributed by atoms with Crippen molar-refractivity contribution in [2.45, 2.75) is 0 Å². The minimum atomic E-state index is -1.45. The predicted molar refractivity (Wildman–Crippen MR) is 103 cm³/mol. The highest BCUT2D eigenvalue weighted by Crippen LogP contribution is 2.30. The van der Waals surface area contributed by atoms with Crippen LogP contribution in [0.25, 0.3) is 0 Å². The van der Waals surface area contributed by atoms with E-state index in [4.69, 9.17) is 0 Å². The summed E-state index contributed by atoms with van der Waals surface area (Å²) in [5.41, 5.74) is 0.199. The zero-order valence-electron chi connectivity index (χ0n) is 15.7. The zero-order chi connectivity index (χ0) is 22.3. The molecule has 1 aliphatic rings. The molecule has 0 fully saturated rings. The number of anilines is 1. The fourth-order valence-corrected chi connectivity index (χ4v) is 3.31. The van der Waals surface area contributed by atoms with Gasteiger partial charge in [-0.25, -0.2) is 4.90 Å². The number of imide groups is 1. The van der Waals surface area contributed by atoms with Crippen LogP contribution in [0.2, 0.25) is 0 Å². The Morgan fingerprint density at radius 3 is 1.84 bits per heavy atom. The minimum Gasteiger partial charge on any atom is -0.545 e. The van der Waals surface area contributed by atoms with Crippen LogP contribution >= 0.6 is 0 Å². The molecule has 0 saturated heterocycles. The molecule has 0 radical (unpaired) electrons. The van der Waals surface area contributed by atoms with Gasteiger partial charge in [-0.05, 0) is 35.4 Å². The molecule has 0 aliphatic carbocycles. The Bertz CT molecular complexity index is 1290. The molecule has 0 unspecified atom stereocenters. The van der Waals surface area contributed by atoms with E-state index < -0.39 is 29.5 Å². The number of amides is 2. The van der Waals surface area contributed by atoms with Gasteiger partial charge < -0.3 is 19.8 Å². The lowest BCUT2D eigenvalue weighted by Gasteiger charge is -2.15. The topological polar surface area (TPSA) is 135 Å². The molecule has 3 aromatic carbocycles. The summed E-state index contributed by atoms with van der Waals surface area (Å²) in [7, 11) is 0. The third kappa shape index (κ3) is 3.36. The van der Waals surface area contributed by atoms with Crippen molar-refractivity contribution in [2.24, 2.45) is 0 Å². The van der Waals surface area contributed by atoms with Crippen molar-refractivity contribution in [2.75, 3.05) is 4.90 Å². The molecule has 0 spiro atoms. The van der Waals surface area contributed by atoms with E-state index in [0.717, 1.165) is 11.0 Å². The van der Waals surface area contributed by atoms with Crippen LogP contribution in [0.4, 0.5) is 5.69 Å². The largest absolute Gasteiger partial charge is 0.545 e. The molecular weight excluding hydrogens is 402 g/mol. The van der Waals surface area contributed by atoms with Crippen LogP contribution in [0.15, 0.2) is 66.7 Å². The first-order chi connectivity index (χ1) is 14.8. The molecule has 1 aliphatic heterocycles. The van der Waals surface area contributed by atoms with E-state index in [0.29, 0.717) is 0 Å². The molecule has 3 aromatic rings. The molecule has 0 atom stereocenters. The number of ketones is 1. The molecule has 0 bridgehead atoms. The number of fused-ring (bicyclic) bond motifs is 1. The fourth-order valence-electron chi connectivity index (χ4n) is 3.31. The summed E-state index contributed by atoms with van der Waals surface area (Å²) >= 11 is 0. The van der Waals surface area contributed by atoms with Gasteiger partial charge in [0.05, 0.1) is 28.8 Å². The number of carbonyl (C=O) groups excluding carboxylic acids is 5. The average Bonchev–Trinajstić information content (AvgIpc) is 3.03.